The Morgan fingerprint density at radius 2 is 2.22 bits per heavy atom. The van der Waals surface area contributed by atoms with Crippen molar-refractivity contribution >= 4 is 18.3 Å². The maximum Gasteiger partial charge on any atom is 0.251 e. The van der Waals surface area contributed by atoms with Crippen molar-refractivity contribution in [3.05, 3.63) is 35.1 Å². The number of hydrogen-bond acceptors (Lipinski definition) is 2. The lowest BCUT2D eigenvalue weighted by atomic mass is 10.1. The summed E-state index contributed by atoms with van der Waals surface area (Å²) in [6.45, 7) is 2.23. The molecule has 0 spiro atoms. The average molecular weight is 273 g/mol. The van der Waals surface area contributed by atoms with Crippen molar-refractivity contribution in [2.75, 3.05) is 6.54 Å². The van der Waals surface area contributed by atoms with Gasteiger partial charge in [0, 0.05) is 18.2 Å². The van der Waals surface area contributed by atoms with Crippen molar-refractivity contribution in [2.45, 2.75) is 25.8 Å². The van der Waals surface area contributed by atoms with E-state index in [1.165, 1.54) is 12.1 Å². The summed E-state index contributed by atoms with van der Waals surface area (Å²) in [5, 5.41) is 2.88. The van der Waals surface area contributed by atoms with Crippen LogP contribution in [0.1, 0.15) is 28.8 Å². The molecule has 1 unspecified atom stereocenters. The molecule has 1 aliphatic carbocycles. The zero-order valence-corrected chi connectivity index (χ0v) is 11.1. The topological polar surface area (TPSA) is 55.1 Å². The predicted octanol–water partition coefficient (Wildman–Crippen LogP) is 2.02. The molecular formula is C13H18ClFN2O. The molecule has 0 aliphatic heterocycles. The second-order valence-electron chi connectivity index (χ2n) is 4.61. The first kappa shape index (κ1) is 14.9. The second-order valence-corrected chi connectivity index (χ2v) is 4.61. The van der Waals surface area contributed by atoms with Gasteiger partial charge in [-0.05, 0) is 43.4 Å². The molecule has 1 fully saturated rings. The van der Waals surface area contributed by atoms with Crippen LogP contribution in [0.25, 0.3) is 0 Å². The molecule has 3 nitrogen and oxygen atoms in total. The first-order valence-corrected chi connectivity index (χ1v) is 5.89. The zero-order chi connectivity index (χ0) is 12.4. The number of hydrogen-bond donors (Lipinski definition) is 2. The van der Waals surface area contributed by atoms with Gasteiger partial charge in [-0.25, -0.2) is 4.39 Å². The average Bonchev–Trinajstić information content (AvgIpc) is 3.13. The van der Waals surface area contributed by atoms with E-state index < -0.39 is 5.82 Å². The first-order valence-electron chi connectivity index (χ1n) is 5.89. The second kappa shape index (κ2) is 6.16. The van der Waals surface area contributed by atoms with Crippen LogP contribution in [-0.2, 0) is 0 Å². The van der Waals surface area contributed by atoms with Gasteiger partial charge in [-0.1, -0.05) is 6.07 Å². The molecule has 0 saturated heterocycles. The van der Waals surface area contributed by atoms with Crippen LogP contribution >= 0.6 is 12.4 Å². The number of amides is 1. The summed E-state index contributed by atoms with van der Waals surface area (Å²) in [6, 6.07) is 4.25. The summed E-state index contributed by atoms with van der Waals surface area (Å²) < 4.78 is 13.1. The minimum absolute atomic E-state index is 0. The Kier molecular flexibility index (Phi) is 5.11. The number of nitrogens with one attached hydrogen (secondary N) is 1. The molecular weight excluding hydrogens is 255 g/mol. The summed E-state index contributed by atoms with van der Waals surface area (Å²) in [5.74, 6) is -0.126. The highest BCUT2D eigenvalue weighted by atomic mass is 35.5. The van der Waals surface area contributed by atoms with Crippen LogP contribution in [0.3, 0.4) is 0 Å². The Hall–Kier alpha value is -1.13. The normalized spacial score (nSPS) is 15.7. The minimum atomic E-state index is -0.392. The van der Waals surface area contributed by atoms with Crippen molar-refractivity contribution in [2.24, 2.45) is 11.7 Å². The molecule has 0 aromatic heterocycles. The van der Waals surface area contributed by atoms with Crippen LogP contribution in [-0.4, -0.2) is 18.5 Å². The summed E-state index contributed by atoms with van der Waals surface area (Å²) in [4.78, 5) is 12.0. The third-order valence-corrected chi connectivity index (χ3v) is 3.21. The van der Waals surface area contributed by atoms with Gasteiger partial charge in [0.2, 0.25) is 0 Å². The number of rotatable bonds is 4. The molecule has 1 amide bonds. The Balaban J connectivity index is 0.00000162. The summed E-state index contributed by atoms with van der Waals surface area (Å²) in [6.07, 6.45) is 2.23. The largest absolute Gasteiger partial charge is 0.348 e. The van der Waals surface area contributed by atoms with Crippen LogP contribution in [0, 0.1) is 18.7 Å². The first-order chi connectivity index (χ1) is 8.11. The van der Waals surface area contributed by atoms with E-state index in [1.807, 2.05) is 0 Å². The quantitative estimate of drug-likeness (QED) is 0.881. The molecule has 100 valence electrons. The Morgan fingerprint density at radius 1 is 1.56 bits per heavy atom. The fourth-order valence-electron chi connectivity index (χ4n) is 1.95. The van der Waals surface area contributed by atoms with Crippen molar-refractivity contribution in [1.29, 1.82) is 0 Å². The molecule has 3 N–H and O–H groups in total. The van der Waals surface area contributed by atoms with Gasteiger partial charge in [-0.3, -0.25) is 4.79 Å². The molecule has 2 rings (SSSR count). The van der Waals surface area contributed by atoms with E-state index in [9.17, 15) is 9.18 Å². The number of carbonyl (C=O) groups is 1. The molecule has 18 heavy (non-hydrogen) atoms. The lowest BCUT2D eigenvalue weighted by Gasteiger charge is -2.16. The number of nitrogens with two attached hydrogens (primary N) is 1. The van der Waals surface area contributed by atoms with Crippen molar-refractivity contribution in [3.63, 3.8) is 0 Å². The van der Waals surface area contributed by atoms with Crippen LogP contribution in [0.2, 0.25) is 0 Å². The van der Waals surface area contributed by atoms with E-state index in [-0.39, 0.29) is 24.4 Å². The highest BCUT2D eigenvalue weighted by Crippen LogP contribution is 2.32. The van der Waals surface area contributed by atoms with Crippen LogP contribution in [0.5, 0.6) is 0 Å². The highest BCUT2D eigenvalue weighted by Gasteiger charge is 2.31. The Bertz CT molecular complexity index is 435. The lowest BCUT2D eigenvalue weighted by molar-refractivity contribution is 0.0932. The molecule has 1 atom stereocenters. The van der Waals surface area contributed by atoms with E-state index in [1.54, 1.807) is 13.0 Å². The van der Waals surface area contributed by atoms with Gasteiger partial charge in [-0.15, -0.1) is 12.4 Å². The van der Waals surface area contributed by atoms with Crippen LogP contribution in [0.15, 0.2) is 18.2 Å². The molecule has 1 aliphatic rings. The maximum absolute atomic E-state index is 13.1. The molecule has 5 heteroatoms. The van der Waals surface area contributed by atoms with Gasteiger partial charge < -0.3 is 11.1 Å². The van der Waals surface area contributed by atoms with Gasteiger partial charge in [0.05, 0.1) is 0 Å². The fraction of sp³-hybridized carbons (Fsp3) is 0.462. The smallest absolute Gasteiger partial charge is 0.251 e. The molecule has 1 aromatic rings. The van der Waals surface area contributed by atoms with E-state index in [0.29, 0.717) is 18.0 Å². The van der Waals surface area contributed by atoms with Crippen molar-refractivity contribution in [1.82, 2.24) is 5.32 Å². The summed E-state index contributed by atoms with van der Waals surface area (Å²) in [5.41, 5.74) is 6.79. The van der Waals surface area contributed by atoms with Crippen molar-refractivity contribution < 1.29 is 9.18 Å². The molecule has 1 saturated carbocycles. The summed E-state index contributed by atoms with van der Waals surface area (Å²) in [7, 11) is 0. The minimum Gasteiger partial charge on any atom is -0.348 e. The third kappa shape index (κ3) is 3.43. The number of carbonyl (C=O) groups excluding carboxylic acids is 1. The van der Waals surface area contributed by atoms with Gasteiger partial charge in [0.15, 0.2) is 0 Å². The van der Waals surface area contributed by atoms with E-state index >= 15 is 0 Å². The number of halogens is 2. The molecule has 0 heterocycles. The Morgan fingerprint density at radius 3 is 2.78 bits per heavy atom. The van der Waals surface area contributed by atoms with Crippen LogP contribution < -0.4 is 11.1 Å². The van der Waals surface area contributed by atoms with E-state index in [2.05, 4.69) is 5.32 Å². The molecule has 1 aromatic carbocycles. The molecule has 0 bridgehead atoms. The highest BCUT2D eigenvalue weighted by molar-refractivity contribution is 5.95. The number of benzene rings is 1. The standard InChI is InChI=1S/C13H17FN2O.ClH/c1-8-2-5-10(14)6-11(8)13(17)16-12(7-15)9-3-4-9;/h2,5-6,9,12H,3-4,7,15H2,1H3,(H,16,17);1H. The van der Waals surface area contributed by atoms with Gasteiger partial charge in [0.1, 0.15) is 5.82 Å². The fourth-order valence-corrected chi connectivity index (χ4v) is 1.95. The van der Waals surface area contributed by atoms with E-state index in [4.69, 9.17) is 5.73 Å². The predicted molar refractivity (Wildman–Crippen MR) is 71.4 cm³/mol. The lowest BCUT2D eigenvalue weighted by Crippen LogP contribution is -2.42. The molecule has 0 radical (unpaired) electrons. The third-order valence-electron chi connectivity index (χ3n) is 3.21. The number of aryl methyl sites for hydroxylation is 1. The van der Waals surface area contributed by atoms with Crippen molar-refractivity contribution in [3.8, 4) is 0 Å². The Labute approximate surface area is 112 Å². The van der Waals surface area contributed by atoms with Gasteiger partial charge in [-0.2, -0.15) is 0 Å². The SMILES string of the molecule is Cc1ccc(F)cc1C(=O)NC(CN)C1CC1.Cl. The van der Waals surface area contributed by atoms with Crippen LogP contribution in [0.4, 0.5) is 4.39 Å². The maximum atomic E-state index is 13.1. The monoisotopic (exact) mass is 272 g/mol. The van der Waals surface area contributed by atoms with E-state index in [0.717, 1.165) is 18.4 Å². The van der Waals surface area contributed by atoms with Gasteiger partial charge in [0.25, 0.3) is 5.91 Å². The zero-order valence-electron chi connectivity index (χ0n) is 10.3. The summed E-state index contributed by atoms with van der Waals surface area (Å²) >= 11 is 0. The van der Waals surface area contributed by atoms with Gasteiger partial charge >= 0.3 is 0 Å².